The summed E-state index contributed by atoms with van der Waals surface area (Å²) in [6.07, 6.45) is 1.35. The van der Waals surface area contributed by atoms with E-state index >= 15 is 0 Å². The quantitative estimate of drug-likeness (QED) is 0.645. The topological polar surface area (TPSA) is 52.6 Å². The number of hydrogen-bond acceptors (Lipinski definition) is 4. The number of Topliss-reactive ketones (excluding diaryl/α,β-unsaturated/α-hetero) is 1. The number of halogens is 2. The van der Waals surface area contributed by atoms with E-state index in [1.165, 1.54) is 0 Å². The zero-order valence-corrected chi connectivity index (χ0v) is 13.1. The van der Waals surface area contributed by atoms with E-state index in [1.807, 2.05) is 6.92 Å². The second-order valence-corrected chi connectivity index (χ2v) is 6.34. The summed E-state index contributed by atoms with van der Waals surface area (Å²) < 4.78 is 38.1. The molecular weight excluding hydrogens is 294 g/mol. The molecule has 126 valence electrons. The van der Waals surface area contributed by atoms with Gasteiger partial charge in [0.25, 0.3) is 0 Å². The number of rotatable bonds is 8. The van der Waals surface area contributed by atoms with Crippen LogP contribution in [0.15, 0.2) is 0 Å². The Morgan fingerprint density at radius 1 is 1.45 bits per heavy atom. The van der Waals surface area contributed by atoms with Gasteiger partial charge in [-0.3, -0.25) is 9.59 Å². The Morgan fingerprint density at radius 3 is 2.82 bits per heavy atom. The van der Waals surface area contributed by atoms with Crippen LogP contribution < -0.4 is 0 Å². The zero-order valence-electron chi connectivity index (χ0n) is 13.1. The molecule has 0 N–H and O–H groups in total. The van der Waals surface area contributed by atoms with Crippen LogP contribution in [0.1, 0.15) is 51.9 Å². The molecular formula is C16H24F2O4. The maximum absolute atomic E-state index is 13.7. The Morgan fingerprint density at radius 2 is 2.18 bits per heavy atom. The van der Waals surface area contributed by atoms with Crippen molar-refractivity contribution in [1.29, 1.82) is 0 Å². The molecule has 2 rings (SSSR count). The minimum atomic E-state index is -3.24. The number of alkyl halides is 2. The highest BCUT2D eigenvalue weighted by molar-refractivity contribution is 5.85. The highest BCUT2D eigenvalue weighted by atomic mass is 19.3. The number of esters is 1. The lowest BCUT2D eigenvalue weighted by atomic mass is 9.86. The van der Waals surface area contributed by atoms with Gasteiger partial charge < -0.3 is 9.47 Å². The minimum Gasteiger partial charge on any atom is -0.462 e. The fourth-order valence-electron chi connectivity index (χ4n) is 3.65. The van der Waals surface area contributed by atoms with Gasteiger partial charge in [-0.25, -0.2) is 0 Å². The van der Waals surface area contributed by atoms with Crippen LogP contribution in [-0.2, 0) is 19.1 Å². The molecule has 4 atom stereocenters. The number of ketones is 1. The molecule has 0 aromatic heterocycles. The molecule has 0 aromatic carbocycles. The van der Waals surface area contributed by atoms with Gasteiger partial charge in [-0.2, -0.15) is 8.78 Å². The van der Waals surface area contributed by atoms with Crippen LogP contribution in [0.2, 0.25) is 0 Å². The van der Waals surface area contributed by atoms with E-state index in [-0.39, 0.29) is 42.9 Å². The molecule has 1 heterocycles. The van der Waals surface area contributed by atoms with Crippen LogP contribution in [0.25, 0.3) is 0 Å². The molecule has 4 nitrogen and oxygen atoms in total. The third-order valence-electron chi connectivity index (χ3n) is 4.91. The van der Waals surface area contributed by atoms with Crippen molar-refractivity contribution >= 4 is 11.8 Å². The molecule has 1 saturated carbocycles. The van der Waals surface area contributed by atoms with Gasteiger partial charge in [0.15, 0.2) is 0 Å². The first-order valence-corrected chi connectivity index (χ1v) is 8.02. The predicted octanol–water partition coefficient (Wildman–Crippen LogP) is 3.13. The second kappa shape index (κ2) is 7.02. The molecule has 1 saturated heterocycles. The Kier molecular flexibility index (Phi) is 5.53. The van der Waals surface area contributed by atoms with Crippen LogP contribution >= 0.6 is 0 Å². The Labute approximate surface area is 129 Å². The third-order valence-corrected chi connectivity index (χ3v) is 4.91. The summed E-state index contributed by atoms with van der Waals surface area (Å²) in [7, 11) is 1.57. The van der Waals surface area contributed by atoms with Crippen LogP contribution in [-0.4, -0.2) is 37.0 Å². The van der Waals surface area contributed by atoms with Crippen molar-refractivity contribution in [2.75, 3.05) is 7.11 Å². The monoisotopic (exact) mass is 318 g/mol. The summed E-state index contributed by atoms with van der Waals surface area (Å²) in [5.41, 5.74) is 0. The average molecular weight is 318 g/mol. The lowest BCUT2D eigenvalue weighted by molar-refractivity contribution is -0.144. The molecule has 22 heavy (non-hydrogen) atoms. The van der Waals surface area contributed by atoms with Crippen molar-refractivity contribution in [3.8, 4) is 0 Å². The van der Waals surface area contributed by atoms with Crippen LogP contribution in [0.5, 0.6) is 0 Å². The minimum absolute atomic E-state index is 0.00508. The number of carbonyl (C=O) groups excluding carboxylic acids is 2. The first-order valence-electron chi connectivity index (χ1n) is 8.02. The first-order chi connectivity index (χ1) is 10.4. The van der Waals surface area contributed by atoms with E-state index < -0.39 is 11.7 Å². The lowest BCUT2D eigenvalue weighted by Gasteiger charge is -2.22. The molecule has 0 aromatic rings. The van der Waals surface area contributed by atoms with Crippen LogP contribution in [0.4, 0.5) is 8.78 Å². The Bertz CT molecular complexity index is 424. The largest absolute Gasteiger partial charge is 0.462 e. The third kappa shape index (κ3) is 3.65. The summed E-state index contributed by atoms with van der Waals surface area (Å²) in [6, 6.07) is 0. The first kappa shape index (κ1) is 17.3. The number of fused-ring (bicyclic) bond motifs is 1. The second-order valence-electron chi connectivity index (χ2n) is 6.34. The molecule has 0 bridgehead atoms. The highest BCUT2D eigenvalue weighted by Crippen LogP contribution is 2.44. The predicted molar refractivity (Wildman–Crippen MR) is 75.6 cm³/mol. The van der Waals surface area contributed by atoms with Gasteiger partial charge in [0, 0.05) is 32.3 Å². The molecule has 1 aliphatic carbocycles. The van der Waals surface area contributed by atoms with Gasteiger partial charge in [0.05, 0.1) is 12.5 Å². The highest BCUT2D eigenvalue weighted by Gasteiger charge is 2.50. The smallest absolute Gasteiger partial charge is 0.306 e. The van der Waals surface area contributed by atoms with E-state index in [0.717, 1.165) is 0 Å². The van der Waals surface area contributed by atoms with Crippen molar-refractivity contribution in [3.63, 3.8) is 0 Å². The van der Waals surface area contributed by atoms with E-state index in [9.17, 15) is 18.4 Å². The molecule has 1 aliphatic heterocycles. The molecule has 6 heteroatoms. The fourth-order valence-corrected chi connectivity index (χ4v) is 3.65. The fraction of sp³-hybridized carbons (Fsp3) is 0.875. The summed E-state index contributed by atoms with van der Waals surface area (Å²) in [6.45, 7) is 1.82. The standard InChI is InChI=1S/C16H24F2O4/c1-3-4-7-16(17,18)14(19)6-5-10-11-8-15(20)22-13(11)9-12(10)21-2/h10-13H,3-9H2,1-2H3/t10?,11-,12-,13+/m1/s1. The average Bonchev–Trinajstić information content (AvgIpc) is 2.98. The van der Waals surface area contributed by atoms with Gasteiger partial charge in [0.1, 0.15) is 6.10 Å². The summed E-state index contributed by atoms with van der Waals surface area (Å²) in [4.78, 5) is 23.2. The normalized spacial score (nSPS) is 31.2. The molecule has 2 aliphatic rings. The lowest BCUT2D eigenvalue weighted by Crippen LogP contribution is -2.30. The number of methoxy groups -OCH3 is 1. The van der Waals surface area contributed by atoms with Crippen LogP contribution in [0, 0.1) is 11.8 Å². The molecule has 2 fully saturated rings. The Hall–Kier alpha value is -1.04. The molecule has 0 radical (unpaired) electrons. The summed E-state index contributed by atoms with van der Waals surface area (Å²) in [5, 5.41) is 0. The van der Waals surface area contributed by atoms with Crippen molar-refractivity contribution < 1.29 is 27.8 Å². The number of carbonyl (C=O) groups is 2. The van der Waals surface area contributed by atoms with E-state index in [4.69, 9.17) is 9.47 Å². The van der Waals surface area contributed by atoms with Crippen molar-refractivity contribution in [1.82, 2.24) is 0 Å². The molecule has 0 amide bonds. The van der Waals surface area contributed by atoms with Crippen LogP contribution in [0.3, 0.4) is 0 Å². The van der Waals surface area contributed by atoms with Crippen molar-refractivity contribution in [2.24, 2.45) is 11.8 Å². The van der Waals surface area contributed by atoms with Gasteiger partial charge >= 0.3 is 11.9 Å². The van der Waals surface area contributed by atoms with Crippen molar-refractivity contribution in [2.45, 2.75) is 70.0 Å². The van der Waals surface area contributed by atoms with Crippen molar-refractivity contribution in [3.05, 3.63) is 0 Å². The van der Waals surface area contributed by atoms with E-state index in [0.29, 0.717) is 32.1 Å². The van der Waals surface area contributed by atoms with E-state index in [1.54, 1.807) is 7.11 Å². The van der Waals surface area contributed by atoms with Gasteiger partial charge in [-0.15, -0.1) is 0 Å². The summed E-state index contributed by atoms with van der Waals surface area (Å²) >= 11 is 0. The SMILES string of the molecule is CCCCC(F)(F)C(=O)CCC1[C@H]2CC(=O)O[C@H]2C[C@H]1OC. The van der Waals surface area contributed by atoms with Gasteiger partial charge in [-0.1, -0.05) is 13.3 Å². The van der Waals surface area contributed by atoms with Gasteiger partial charge in [-0.05, 0) is 18.8 Å². The number of ether oxygens (including phenoxy) is 2. The molecule has 1 unspecified atom stereocenters. The number of hydrogen-bond donors (Lipinski definition) is 0. The maximum atomic E-state index is 13.7. The zero-order chi connectivity index (χ0) is 16.3. The Balaban J connectivity index is 1.91. The molecule has 0 spiro atoms. The summed E-state index contributed by atoms with van der Waals surface area (Å²) in [5.74, 6) is -4.54. The maximum Gasteiger partial charge on any atom is 0.306 e. The van der Waals surface area contributed by atoms with E-state index in [2.05, 4.69) is 0 Å². The number of unbranched alkanes of at least 4 members (excludes halogenated alkanes) is 1. The van der Waals surface area contributed by atoms with Gasteiger partial charge in [0.2, 0.25) is 5.78 Å².